The summed E-state index contributed by atoms with van der Waals surface area (Å²) in [6.45, 7) is 3.99. The third-order valence-electron chi connectivity index (χ3n) is 5.23. The molecule has 0 bridgehead atoms. The van der Waals surface area contributed by atoms with Crippen molar-refractivity contribution in [1.29, 1.82) is 0 Å². The number of nitrogens with zero attached hydrogens (tertiary/aromatic N) is 2. The van der Waals surface area contributed by atoms with E-state index in [2.05, 4.69) is 26.1 Å². The van der Waals surface area contributed by atoms with E-state index in [4.69, 9.17) is 32.7 Å². The van der Waals surface area contributed by atoms with Crippen LogP contribution in [0.4, 0.5) is 15.6 Å². The molecule has 2 heterocycles. The number of carbonyl (C=O) groups excluding carboxylic acids is 2. The lowest BCUT2D eigenvalue weighted by molar-refractivity contribution is -0.119. The summed E-state index contributed by atoms with van der Waals surface area (Å²) in [5, 5.41) is 18.0. The molecule has 34 heavy (non-hydrogen) atoms. The highest BCUT2D eigenvalue weighted by Crippen LogP contribution is 2.37. The van der Waals surface area contributed by atoms with Crippen LogP contribution in [0.25, 0.3) is 10.6 Å². The van der Waals surface area contributed by atoms with E-state index in [1.165, 1.54) is 17.4 Å². The molecule has 1 aromatic heterocycles. The Balaban J connectivity index is 1.42. The molecule has 2 atom stereocenters. The van der Waals surface area contributed by atoms with Crippen molar-refractivity contribution in [2.45, 2.75) is 26.3 Å². The number of rotatable bonds is 7. The van der Waals surface area contributed by atoms with Crippen LogP contribution < -0.4 is 25.4 Å². The van der Waals surface area contributed by atoms with Gasteiger partial charge in [-0.1, -0.05) is 54.8 Å². The van der Waals surface area contributed by atoms with E-state index in [0.29, 0.717) is 43.8 Å². The van der Waals surface area contributed by atoms with Crippen molar-refractivity contribution >= 4 is 57.3 Å². The number of urea groups is 1. The zero-order chi connectivity index (χ0) is 24.2. The number of amides is 3. The van der Waals surface area contributed by atoms with Crippen LogP contribution in [0.3, 0.4) is 0 Å². The van der Waals surface area contributed by atoms with Gasteiger partial charge in [0.1, 0.15) is 11.0 Å². The molecule has 12 heteroatoms. The minimum absolute atomic E-state index is 0.138. The topological polar surface area (TPSA) is 114 Å². The van der Waals surface area contributed by atoms with Crippen molar-refractivity contribution in [2.24, 2.45) is 5.92 Å². The van der Waals surface area contributed by atoms with E-state index >= 15 is 0 Å². The molecule has 3 N–H and O–H groups in total. The van der Waals surface area contributed by atoms with Gasteiger partial charge in [-0.3, -0.25) is 10.1 Å². The van der Waals surface area contributed by atoms with Crippen LogP contribution >= 0.6 is 34.5 Å². The first-order valence-corrected chi connectivity index (χ1v) is 12.0. The molecule has 3 amide bonds. The normalized spacial score (nSPS) is 13.8. The van der Waals surface area contributed by atoms with Gasteiger partial charge < -0.3 is 20.1 Å². The molecule has 2 aromatic carbocycles. The zero-order valence-corrected chi connectivity index (χ0v) is 20.6. The minimum atomic E-state index is -0.800. The molecule has 0 unspecified atom stereocenters. The average Bonchev–Trinajstić information content (AvgIpc) is 3.48. The third-order valence-corrected chi connectivity index (χ3v) is 6.86. The van der Waals surface area contributed by atoms with Crippen molar-refractivity contribution in [3.05, 3.63) is 46.4 Å². The van der Waals surface area contributed by atoms with Gasteiger partial charge in [0.25, 0.3) is 0 Å². The van der Waals surface area contributed by atoms with Gasteiger partial charge in [0, 0.05) is 11.3 Å². The maximum Gasteiger partial charge on any atom is 0.319 e. The summed E-state index contributed by atoms with van der Waals surface area (Å²) in [6, 6.07) is 8.83. The SMILES string of the molecule is CC[C@H](C)[C@@H](NC(=O)Nc1ccc(Cl)c(Cl)c1)C(=O)Nc1nnc(-c2ccc3c(c2)OCO3)s1. The van der Waals surface area contributed by atoms with Gasteiger partial charge in [-0.15, -0.1) is 10.2 Å². The second kappa shape index (κ2) is 10.5. The second-order valence-corrected chi connectivity index (χ2v) is 9.35. The molecule has 0 spiro atoms. The maximum atomic E-state index is 13.0. The lowest BCUT2D eigenvalue weighted by atomic mass is 9.98. The molecule has 3 aromatic rings. The molecule has 0 saturated heterocycles. The average molecular weight is 522 g/mol. The predicted molar refractivity (Wildman–Crippen MR) is 132 cm³/mol. The minimum Gasteiger partial charge on any atom is -0.454 e. The van der Waals surface area contributed by atoms with E-state index in [1.54, 1.807) is 18.2 Å². The third kappa shape index (κ3) is 5.52. The predicted octanol–water partition coefficient (Wildman–Crippen LogP) is 5.42. The van der Waals surface area contributed by atoms with Gasteiger partial charge in [-0.25, -0.2) is 4.79 Å². The number of fused-ring (bicyclic) bond motifs is 1. The lowest BCUT2D eigenvalue weighted by Gasteiger charge is -2.23. The molecule has 1 aliphatic heterocycles. The summed E-state index contributed by atoms with van der Waals surface area (Å²) < 4.78 is 10.7. The molecule has 0 aliphatic carbocycles. The first-order valence-electron chi connectivity index (χ1n) is 10.4. The van der Waals surface area contributed by atoms with Crippen LogP contribution in [-0.2, 0) is 4.79 Å². The fourth-order valence-electron chi connectivity index (χ4n) is 3.19. The van der Waals surface area contributed by atoms with E-state index in [0.717, 1.165) is 5.56 Å². The van der Waals surface area contributed by atoms with Gasteiger partial charge in [0.15, 0.2) is 11.5 Å². The fraction of sp³-hybridized carbons (Fsp3) is 0.273. The molecule has 0 radical (unpaired) electrons. The Bertz CT molecular complexity index is 1220. The van der Waals surface area contributed by atoms with E-state index in [-0.39, 0.29) is 12.7 Å². The monoisotopic (exact) mass is 521 g/mol. The molecular weight excluding hydrogens is 501 g/mol. The van der Waals surface area contributed by atoms with Crippen LogP contribution in [0, 0.1) is 5.92 Å². The van der Waals surface area contributed by atoms with Gasteiger partial charge >= 0.3 is 6.03 Å². The van der Waals surface area contributed by atoms with Gasteiger partial charge in [-0.2, -0.15) is 0 Å². The first-order chi connectivity index (χ1) is 16.3. The van der Waals surface area contributed by atoms with Crippen molar-refractivity contribution < 1.29 is 19.1 Å². The van der Waals surface area contributed by atoms with E-state index < -0.39 is 18.0 Å². The number of anilines is 2. The van der Waals surface area contributed by atoms with Crippen molar-refractivity contribution in [2.75, 3.05) is 17.4 Å². The molecule has 9 nitrogen and oxygen atoms in total. The summed E-state index contributed by atoms with van der Waals surface area (Å²) in [4.78, 5) is 25.6. The zero-order valence-electron chi connectivity index (χ0n) is 18.2. The summed E-state index contributed by atoms with van der Waals surface area (Å²) in [6.07, 6.45) is 0.670. The highest BCUT2D eigenvalue weighted by molar-refractivity contribution is 7.18. The number of hydrogen-bond donors (Lipinski definition) is 3. The van der Waals surface area contributed by atoms with Crippen molar-refractivity contribution in [3.63, 3.8) is 0 Å². The van der Waals surface area contributed by atoms with Gasteiger partial charge in [-0.05, 0) is 42.3 Å². The molecular formula is C22H21Cl2N5O4S. The Morgan fingerprint density at radius 2 is 1.85 bits per heavy atom. The Morgan fingerprint density at radius 1 is 1.06 bits per heavy atom. The number of ether oxygens (including phenoxy) is 2. The van der Waals surface area contributed by atoms with Crippen LogP contribution in [0.15, 0.2) is 36.4 Å². The van der Waals surface area contributed by atoms with Crippen molar-refractivity contribution in [3.8, 4) is 22.1 Å². The van der Waals surface area contributed by atoms with Crippen LogP contribution in [0.5, 0.6) is 11.5 Å². The summed E-state index contributed by atoms with van der Waals surface area (Å²) in [5.74, 6) is 0.767. The first kappa shape index (κ1) is 24.1. The Morgan fingerprint density at radius 3 is 2.62 bits per heavy atom. The number of aromatic nitrogens is 2. The summed E-state index contributed by atoms with van der Waals surface area (Å²) in [5.41, 5.74) is 1.24. The molecule has 178 valence electrons. The number of benzene rings is 2. The smallest absolute Gasteiger partial charge is 0.319 e. The molecule has 0 saturated carbocycles. The number of nitrogens with one attached hydrogen (secondary N) is 3. The number of carbonyl (C=O) groups is 2. The van der Waals surface area contributed by atoms with Crippen LogP contribution in [-0.4, -0.2) is 35.0 Å². The van der Waals surface area contributed by atoms with Gasteiger partial charge in [0.05, 0.1) is 10.0 Å². The molecule has 0 fully saturated rings. The van der Waals surface area contributed by atoms with Crippen LogP contribution in [0.1, 0.15) is 20.3 Å². The van der Waals surface area contributed by atoms with Gasteiger partial charge in [0.2, 0.25) is 17.8 Å². The molecule has 1 aliphatic rings. The Hall–Kier alpha value is -3.08. The summed E-state index contributed by atoms with van der Waals surface area (Å²) in [7, 11) is 0. The quantitative estimate of drug-likeness (QED) is 0.382. The van der Waals surface area contributed by atoms with Crippen LogP contribution in [0.2, 0.25) is 10.0 Å². The Kier molecular flexibility index (Phi) is 7.40. The lowest BCUT2D eigenvalue weighted by Crippen LogP contribution is -2.49. The van der Waals surface area contributed by atoms with Crippen molar-refractivity contribution in [1.82, 2.24) is 15.5 Å². The standard InChI is InChI=1S/C22H21Cl2N5O4S/c1-3-11(2)18(26-21(31)25-13-5-6-14(23)15(24)9-13)19(30)27-22-29-28-20(34-22)12-4-7-16-17(8-12)33-10-32-16/h4-9,11,18H,3,10H2,1-2H3,(H2,25,26,31)(H,27,29,30)/t11-,18+/m0/s1. The Labute approximate surface area is 209 Å². The maximum absolute atomic E-state index is 13.0. The van der Waals surface area contributed by atoms with E-state index in [9.17, 15) is 9.59 Å². The number of halogens is 2. The largest absolute Gasteiger partial charge is 0.454 e. The fourth-order valence-corrected chi connectivity index (χ4v) is 4.23. The number of hydrogen-bond acceptors (Lipinski definition) is 7. The molecule has 4 rings (SSSR count). The highest BCUT2D eigenvalue weighted by Gasteiger charge is 2.27. The van der Waals surface area contributed by atoms with E-state index in [1.807, 2.05) is 26.0 Å². The summed E-state index contributed by atoms with van der Waals surface area (Å²) >= 11 is 13.1. The highest BCUT2D eigenvalue weighted by atomic mass is 35.5. The second-order valence-electron chi connectivity index (χ2n) is 7.56.